The van der Waals surface area contributed by atoms with Crippen molar-refractivity contribution in [2.45, 2.75) is 89.4 Å². The lowest BCUT2D eigenvalue weighted by molar-refractivity contribution is -0.149. The highest BCUT2D eigenvalue weighted by Crippen LogP contribution is 2.52. The molecule has 5 nitrogen and oxygen atoms in total. The minimum atomic E-state index is -2.08. The number of rotatable bonds is 7. The molecule has 1 aromatic carbocycles. The molecule has 5 aliphatic rings. The molecule has 1 unspecified atom stereocenters. The maximum absolute atomic E-state index is 7.38. The van der Waals surface area contributed by atoms with E-state index in [0.29, 0.717) is 34.5 Å². The predicted molar refractivity (Wildman–Crippen MR) is 140 cm³/mol. The number of piperidine rings is 3. The van der Waals surface area contributed by atoms with E-state index in [4.69, 9.17) is 13.9 Å². The summed E-state index contributed by atoms with van der Waals surface area (Å²) in [5.74, 6) is 2.01. The molecule has 0 amide bonds. The number of hydrogen-bond donors (Lipinski definition) is 0. The monoisotopic (exact) mass is 482 g/mol. The van der Waals surface area contributed by atoms with Crippen LogP contribution in [-0.2, 0) is 9.16 Å². The summed E-state index contributed by atoms with van der Waals surface area (Å²) in [5.41, 5.74) is 3.84. The van der Waals surface area contributed by atoms with E-state index in [1.54, 1.807) is 7.11 Å². The van der Waals surface area contributed by atoms with Crippen LogP contribution in [0.25, 0.3) is 10.9 Å². The van der Waals surface area contributed by atoms with Gasteiger partial charge >= 0.3 is 0 Å². The molecular formula is C28H42N2O3Si. The Morgan fingerprint density at radius 1 is 1.06 bits per heavy atom. The number of benzene rings is 1. The molecule has 6 heterocycles. The third-order valence-corrected chi connectivity index (χ3v) is 15.2. The average Bonchev–Trinajstić information content (AvgIpc) is 3.04. The molecule has 0 spiro atoms. The van der Waals surface area contributed by atoms with Crippen molar-refractivity contribution in [3.05, 3.63) is 36.0 Å². The zero-order valence-electron chi connectivity index (χ0n) is 22.0. The largest absolute Gasteiger partial charge is 0.497 e. The van der Waals surface area contributed by atoms with Crippen molar-refractivity contribution in [3.63, 3.8) is 0 Å². The van der Waals surface area contributed by atoms with Gasteiger partial charge in [-0.05, 0) is 71.8 Å². The number of aromatic nitrogens is 1. The smallest absolute Gasteiger partial charge is 0.203 e. The highest BCUT2D eigenvalue weighted by molar-refractivity contribution is 6.77. The standard InChI is InChI=1S/C28H42N2O3Si/c1-17(2)34(18(3)4,19(5)6)33-28-24-16-30-13-11-20(24)14-26(30)27(32-28)22-10-12-29-25-9-8-21(31-7)15-23(22)25/h8-10,12,15,17-20,24,26-28H,11,13-14,16H2,1-7H3/t20-,24-,26+,27-,28+/m0/s1. The first kappa shape index (κ1) is 24.2. The molecule has 34 heavy (non-hydrogen) atoms. The van der Waals surface area contributed by atoms with E-state index in [2.05, 4.69) is 69.6 Å². The van der Waals surface area contributed by atoms with Gasteiger partial charge in [0.15, 0.2) is 6.29 Å². The molecule has 7 rings (SSSR count). The Kier molecular flexibility index (Phi) is 6.55. The van der Waals surface area contributed by atoms with Gasteiger partial charge in [-0.1, -0.05) is 41.5 Å². The maximum Gasteiger partial charge on any atom is 0.203 e. The van der Waals surface area contributed by atoms with Crippen molar-refractivity contribution < 1.29 is 13.9 Å². The minimum absolute atomic E-state index is 0.0175. The number of nitrogens with zero attached hydrogens (tertiary/aromatic N) is 2. The zero-order chi connectivity index (χ0) is 24.2. The second kappa shape index (κ2) is 9.19. The normalized spacial score (nSPS) is 31.1. The van der Waals surface area contributed by atoms with Crippen LogP contribution in [0.15, 0.2) is 30.5 Å². The molecule has 0 aliphatic carbocycles. The van der Waals surface area contributed by atoms with Crippen LogP contribution >= 0.6 is 0 Å². The van der Waals surface area contributed by atoms with Crippen LogP contribution in [0, 0.1) is 11.8 Å². The number of pyridine rings is 1. The Hall–Kier alpha value is -1.47. The summed E-state index contributed by atoms with van der Waals surface area (Å²) in [4.78, 5) is 7.33. The number of fused-ring (bicyclic) bond motifs is 4. The lowest BCUT2D eigenvalue weighted by Crippen LogP contribution is -2.57. The van der Waals surface area contributed by atoms with Crippen molar-refractivity contribution in [3.8, 4) is 5.75 Å². The van der Waals surface area contributed by atoms with Gasteiger partial charge in [-0.2, -0.15) is 0 Å². The van der Waals surface area contributed by atoms with Crippen LogP contribution in [0.1, 0.15) is 66.1 Å². The molecule has 4 bridgehead atoms. The molecule has 5 fully saturated rings. The second-order valence-corrected chi connectivity index (χ2v) is 17.1. The summed E-state index contributed by atoms with van der Waals surface area (Å²) in [6.07, 6.45) is 4.24. The van der Waals surface area contributed by atoms with Crippen LogP contribution in [0.4, 0.5) is 0 Å². The van der Waals surface area contributed by atoms with Crippen molar-refractivity contribution in [1.82, 2.24) is 9.88 Å². The van der Waals surface area contributed by atoms with Gasteiger partial charge in [-0.3, -0.25) is 9.88 Å². The van der Waals surface area contributed by atoms with E-state index in [1.807, 2.05) is 12.3 Å². The van der Waals surface area contributed by atoms with Gasteiger partial charge in [0.2, 0.25) is 8.32 Å². The Bertz CT molecular complexity index is 1000. The van der Waals surface area contributed by atoms with Crippen molar-refractivity contribution in [2.75, 3.05) is 20.2 Å². The van der Waals surface area contributed by atoms with Crippen molar-refractivity contribution in [2.24, 2.45) is 11.8 Å². The van der Waals surface area contributed by atoms with E-state index in [-0.39, 0.29) is 12.4 Å². The highest BCUT2D eigenvalue weighted by atomic mass is 28.4. The Morgan fingerprint density at radius 2 is 1.79 bits per heavy atom. The second-order valence-electron chi connectivity index (χ2n) is 11.7. The summed E-state index contributed by atoms with van der Waals surface area (Å²) in [5, 5.41) is 1.13. The third kappa shape index (κ3) is 3.81. The SMILES string of the molecule is COc1ccc2nccc([C@@H]3O[C@H](O[Si](C(C)C)(C(C)C)C(C)C)[C@H]4CN5CC[C@H]4C[C@H]35)c2c1. The number of methoxy groups -OCH3 is 1. The quantitative estimate of drug-likeness (QED) is 0.419. The lowest BCUT2D eigenvalue weighted by Gasteiger charge is -2.50. The fourth-order valence-electron chi connectivity index (χ4n) is 7.60. The zero-order valence-corrected chi connectivity index (χ0v) is 23.0. The average molecular weight is 483 g/mol. The van der Waals surface area contributed by atoms with E-state index in [0.717, 1.165) is 23.2 Å². The first-order valence-corrected chi connectivity index (χ1v) is 15.4. The van der Waals surface area contributed by atoms with Crippen molar-refractivity contribution >= 4 is 19.2 Å². The Balaban J connectivity index is 1.59. The fraction of sp³-hybridized carbons (Fsp3) is 0.679. The molecule has 6 atom stereocenters. The first-order chi connectivity index (χ1) is 16.3. The van der Waals surface area contributed by atoms with Crippen LogP contribution in [-0.4, -0.2) is 50.7 Å². The third-order valence-electron chi connectivity index (χ3n) is 9.15. The molecule has 0 N–H and O–H groups in total. The summed E-state index contributed by atoms with van der Waals surface area (Å²) >= 11 is 0. The fourth-order valence-corrected chi connectivity index (χ4v) is 13.0. The summed E-state index contributed by atoms with van der Waals surface area (Å²) < 4.78 is 20.1. The van der Waals surface area contributed by atoms with E-state index in [1.165, 1.54) is 24.9 Å². The Morgan fingerprint density at radius 3 is 2.41 bits per heavy atom. The van der Waals surface area contributed by atoms with Gasteiger partial charge in [0.1, 0.15) is 11.9 Å². The molecule has 186 valence electrons. The van der Waals surface area contributed by atoms with Gasteiger partial charge in [0.05, 0.1) is 12.6 Å². The molecule has 0 radical (unpaired) electrons. The van der Waals surface area contributed by atoms with Gasteiger partial charge < -0.3 is 13.9 Å². The van der Waals surface area contributed by atoms with Gasteiger partial charge in [-0.15, -0.1) is 0 Å². The first-order valence-electron chi connectivity index (χ1n) is 13.3. The summed E-state index contributed by atoms with van der Waals surface area (Å²) in [6, 6.07) is 8.73. The minimum Gasteiger partial charge on any atom is -0.497 e. The number of ether oxygens (including phenoxy) is 2. The number of hydrogen-bond acceptors (Lipinski definition) is 5. The van der Waals surface area contributed by atoms with Crippen LogP contribution in [0.5, 0.6) is 5.75 Å². The van der Waals surface area contributed by atoms with Crippen molar-refractivity contribution in [1.29, 1.82) is 0 Å². The van der Waals surface area contributed by atoms with Crippen LogP contribution < -0.4 is 4.74 Å². The molecule has 0 saturated carbocycles. The highest BCUT2D eigenvalue weighted by Gasteiger charge is 2.55. The van der Waals surface area contributed by atoms with Gasteiger partial charge in [-0.25, -0.2) is 0 Å². The molecule has 6 heteroatoms. The predicted octanol–water partition coefficient (Wildman–Crippen LogP) is 6.54. The van der Waals surface area contributed by atoms with Crippen LogP contribution in [0.2, 0.25) is 16.6 Å². The Labute approximate surface area is 206 Å². The molecule has 5 saturated heterocycles. The molecule has 1 aromatic heterocycles. The maximum atomic E-state index is 7.38. The summed E-state index contributed by atoms with van der Waals surface area (Å²) in [6.45, 7) is 16.5. The summed E-state index contributed by atoms with van der Waals surface area (Å²) in [7, 11) is -0.354. The van der Waals surface area contributed by atoms with Gasteiger partial charge in [0, 0.05) is 30.1 Å². The molecular weight excluding hydrogens is 440 g/mol. The topological polar surface area (TPSA) is 43.8 Å². The lowest BCUT2D eigenvalue weighted by atomic mass is 9.74. The van der Waals surface area contributed by atoms with Gasteiger partial charge in [0.25, 0.3) is 0 Å². The van der Waals surface area contributed by atoms with Crippen LogP contribution in [0.3, 0.4) is 0 Å². The van der Waals surface area contributed by atoms with E-state index in [9.17, 15) is 0 Å². The van der Waals surface area contributed by atoms with E-state index >= 15 is 0 Å². The molecule has 5 aliphatic heterocycles. The van der Waals surface area contributed by atoms with E-state index < -0.39 is 8.32 Å². The molecule has 2 aromatic rings.